The maximum Gasteiger partial charge on any atom is 0.153 e. The van der Waals surface area contributed by atoms with Gasteiger partial charge in [0.05, 0.1) is 22.1 Å². The van der Waals surface area contributed by atoms with E-state index in [0.717, 1.165) is 50.3 Å². The summed E-state index contributed by atoms with van der Waals surface area (Å²) in [6.07, 6.45) is 1.78. The number of aromatic nitrogens is 2. The second-order valence-corrected chi connectivity index (χ2v) is 8.05. The molecular formula is C29H18N2O2. The van der Waals surface area contributed by atoms with E-state index in [1.54, 1.807) is 6.20 Å². The van der Waals surface area contributed by atoms with Gasteiger partial charge in [-0.15, -0.1) is 0 Å². The first-order valence-corrected chi connectivity index (χ1v) is 10.9. The predicted molar refractivity (Wildman–Crippen MR) is 132 cm³/mol. The molecule has 7 rings (SSSR count). The second-order valence-electron chi connectivity index (χ2n) is 8.05. The van der Waals surface area contributed by atoms with Crippen LogP contribution in [0.25, 0.3) is 49.6 Å². The molecule has 0 N–H and O–H groups in total. The van der Waals surface area contributed by atoms with Crippen LogP contribution < -0.4 is 4.74 Å². The number of pyridine rings is 1. The lowest BCUT2D eigenvalue weighted by molar-refractivity contribution is 0.481. The zero-order chi connectivity index (χ0) is 21.8. The maximum atomic E-state index is 6.47. The van der Waals surface area contributed by atoms with Crippen LogP contribution >= 0.6 is 0 Å². The third-order valence-electron chi connectivity index (χ3n) is 6.11. The molecule has 7 aromatic rings. The van der Waals surface area contributed by atoms with Gasteiger partial charge in [-0.05, 0) is 54.6 Å². The molecule has 0 fully saturated rings. The van der Waals surface area contributed by atoms with Crippen molar-refractivity contribution in [3.05, 3.63) is 109 Å². The quantitative estimate of drug-likeness (QED) is 0.289. The summed E-state index contributed by atoms with van der Waals surface area (Å²) in [6, 6.07) is 34.8. The van der Waals surface area contributed by atoms with E-state index in [2.05, 4.69) is 64.1 Å². The lowest BCUT2D eigenvalue weighted by atomic mass is 10.2. The summed E-state index contributed by atoms with van der Waals surface area (Å²) in [4.78, 5) is 4.49. The Kier molecular flexibility index (Phi) is 3.81. The van der Waals surface area contributed by atoms with E-state index in [4.69, 9.17) is 9.15 Å². The van der Waals surface area contributed by atoms with E-state index in [-0.39, 0.29) is 0 Å². The summed E-state index contributed by atoms with van der Waals surface area (Å²) in [7, 11) is 0. The standard InChI is InChI=1S/C29H18N2O2/c1-3-10-23-20(8-1)21-9-2-4-11-24(21)31(23)25-12-5-6-13-27(25)32-19-15-16-26-22(18-19)29-28(33-26)14-7-17-30-29/h1-18H. The summed E-state index contributed by atoms with van der Waals surface area (Å²) < 4.78 is 14.7. The van der Waals surface area contributed by atoms with Crippen molar-refractivity contribution in [2.75, 3.05) is 0 Å². The minimum Gasteiger partial charge on any atom is -0.455 e. The Balaban J connectivity index is 1.41. The van der Waals surface area contributed by atoms with Crippen molar-refractivity contribution in [1.29, 1.82) is 0 Å². The molecule has 3 heterocycles. The van der Waals surface area contributed by atoms with Crippen molar-refractivity contribution in [3.63, 3.8) is 0 Å². The Labute approximate surface area is 189 Å². The third kappa shape index (κ3) is 2.74. The summed E-state index contributed by atoms with van der Waals surface area (Å²) in [5, 5.41) is 3.39. The Morgan fingerprint density at radius 1 is 0.636 bits per heavy atom. The van der Waals surface area contributed by atoms with Crippen molar-refractivity contribution in [1.82, 2.24) is 9.55 Å². The SMILES string of the molecule is c1ccc(-n2c3ccccc3c3ccccc32)c(Oc2ccc3oc4cccnc4c3c2)c1. The van der Waals surface area contributed by atoms with Gasteiger partial charge in [-0.2, -0.15) is 0 Å². The van der Waals surface area contributed by atoms with Gasteiger partial charge in [0.2, 0.25) is 0 Å². The highest BCUT2D eigenvalue weighted by molar-refractivity contribution is 6.09. The van der Waals surface area contributed by atoms with Gasteiger partial charge in [-0.1, -0.05) is 48.5 Å². The van der Waals surface area contributed by atoms with Crippen LogP contribution in [0.2, 0.25) is 0 Å². The first kappa shape index (κ1) is 18.0. The first-order valence-electron chi connectivity index (χ1n) is 10.9. The molecular weight excluding hydrogens is 408 g/mol. The van der Waals surface area contributed by atoms with Crippen molar-refractivity contribution in [2.24, 2.45) is 0 Å². The van der Waals surface area contributed by atoms with Crippen LogP contribution in [0.3, 0.4) is 0 Å². The Bertz CT molecular complexity index is 1760. The van der Waals surface area contributed by atoms with Crippen LogP contribution in [0.1, 0.15) is 0 Å². The van der Waals surface area contributed by atoms with Gasteiger partial charge in [0, 0.05) is 17.0 Å². The van der Waals surface area contributed by atoms with Gasteiger partial charge in [-0.25, -0.2) is 0 Å². The van der Waals surface area contributed by atoms with E-state index < -0.39 is 0 Å². The summed E-state index contributed by atoms with van der Waals surface area (Å²) in [5.41, 5.74) is 5.70. The zero-order valence-corrected chi connectivity index (χ0v) is 17.6. The first-order chi connectivity index (χ1) is 16.4. The molecule has 4 nitrogen and oxygen atoms in total. The fourth-order valence-corrected chi connectivity index (χ4v) is 4.68. The van der Waals surface area contributed by atoms with E-state index in [0.29, 0.717) is 0 Å². The van der Waals surface area contributed by atoms with E-state index in [9.17, 15) is 0 Å². The second kappa shape index (κ2) is 6.97. The number of nitrogens with zero attached hydrogens (tertiary/aromatic N) is 2. The van der Waals surface area contributed by atoms with Crippen LogP contribution in [0.5, 0.6) is 11.5 Å². The number of fused-ring (bicyclic) bond motifs is 6. The summed E-state index contributed by atoms with van der Waals surface area (Å²) in [6.45, 7) is 0. The average molecular weight is 426 g/mol. The highest BCUT2D eigenvalue weighted by Crippen LogP contribution is 2.37. The molecule has 0 amide bonds. The van der Waals surface area contributed by atoms with Crippen molar-refractivity contribution in [3.8, 4) is 17.2 Å². The highest BCUT2D eigenvalue weighted by Gasteiger charge is 2.16. The van der Waals surface area contributed by atoms with Gasteiger partial charge in [0.15, 0.2) is 11.3 Å². The molecule has 0 aliphatic carbocycles. The third-order valence-corrected chi connectivity index (χ3v) is 6.11. The summed E-state index contributed by atoms with van der Waals surface area (Å²) in [5.74, 6) is 1.52. The van der Waals surface area contributed by atoms with Crippen molar-refractivity contribution >= 4 is 43.9 Å². The lowest BCUT2D eigenvalue weighted by Gasteiger charge is -2.14. The van der Waals surface area contributed by atoms with Gasteiger partial charge < -0.3 is 13.7 Å². The molecule has 0 aliphatic rings. The van der Waals surface area contributed by atoms with Gasteiger partial charge in [0.25, 0.3) is 0 Å². The number of ether oxygens (including phenoxy) is 1. The number of furan rings is 1. The topological polar surface area (TPSA) is 40.2 Å². The Morgan fingerprint density at radius 2 is 1.36 bits per heavy atom. The molecule has 0 unspecified atom stereocenters. The Morgan fingerprint density at radius 3 is 2.18 bits per heavy atom. The van der Waals surface area contributed by atoms with Crippen LogP contribution in [-0.2, 0) is 0 Å². The minimum absolute atomic E-state index is 0.740. The van der Waals surface area contributed by atoms with E-state index >= 15 is 0 Å². The zero-order valence-electron chi connectivity index (χ0n) is 17.6. The maximum absolute atomic E-state index is 6.47. The van der Waals surface area contributed by atoms with E-state index in [1.165, 1.54) is 10.8 Å². The lowest BCUT2D eigenvalue weighted by Crippen LogP contribution is -1.97. The highest BCUT2D eigenvalue weighted by atomic mass is 16.5. The van der Waals surface area contributed by atoms with Crippen LogP contribution in [-0.4, -0.2) is 9.55 Å². The van der Waals surface area contributed by atoms with Crippen molar-refractivity contribution < 1.29 is 9.15 Å². The molecule has 0 atom stereocenters. The fraction of sp³-hybridized carbons (Fsp3) is 0. The smallest absolute Gasteiger partial charge is 0.153 e. The fourth-order valence-electron chi connectivity index (χ4n) is 4.68. The van der Waals surface area contributed by atoms with Crippen LogP contribution in [0, 0.1) is 0 Å². The summed E-state index contributed by atoms with van der Waals surface area (Å²) >= 11 is 0. The number of rotatable bonds is 3. The molecule has 156 valence electrons. The normalized spacial score (nSPS) is 11.6. The van der Waals surface area contributed by atoms with Gasteiger partial charge >= 0.3 is 0 Å². The monoisotopic (exact) mass is 426 g/mol. The molecule has 4 heteroatoms. The largest absolute Gasteiger partial charge is 0.455 e. The molecule has 0 saturated carbocycles. The molecule has 33 heavy (non-hydrogen) atoms. The van der Waals surface area contributed by atoms with Gasteiger partial charge in [0.1, 0.15) is 16.8 Å². The molecule has 0 bridgehead atoms. The average Bonchev–Trinajstić information content (AvgIpc) is 3.40. The Hall–Kier alpha value is -4.57. The number of hydrogen-bond acceptors (Lipinski definition) is 3. The molecule has 0 spiro atoms. The molecule has 0 saturated heterocycles. The number of hydrogen-bond donors (Lipinski definition) is 0. The molecule has 0 aliphatic heterocycles. The van der Waals surface area contributed by atoms with Crippen LogP contribution in [0.15, 0.2) is 114 Å². The van der Waals surface area contributed by atoms with Crippen molar-refractivity contribution in [2.45, 2.75) is 0 Å². The predicted octanol–water partition coefficient (Wildman–Crippen LogP) is 7.87. The minimum atomic E-state index is 0.740. The molecule has 3 aromatic heterocycles. The number of para-hydroxylation sites is 4. The van der Waals surface area contributed by atoms with Crippen LogP contribution in [0.4, 0.5) is 0 Å². The number of benzene rings is 4. The molecule has 4 aromatic carbocycles. The van der Waals surface area contributed by atoms with Gasteiger partial charge in [-0.3, -0.25) is 4.98 Å². The molecule has 0 radical (unpaired) electrons. The van der Waals surface area contributed by atoms with E-state index in [1.807, 2.05) is 48.5 Å².